The summed E-state index contributed by atoms with van der Waals surface area (Å²) in [5.41, 5.74) is 2.31. The molecule has 1 amide bonds. The van der Waals surface area contributed by atoms with Crippen LogP contribution in [-0.2, 0) is 17.9 Å². The lowest BCUT2D eigenvalue weighted by Crippen LogP contribution is -2.41. The summed E-state index contributed by atoms with van der Waals surface area (Å²) in [5.74, 6) is 0.663. The molecule has 1 unspecified atom stereocenters. The summed E-state index contributed by atoms with van der Waals surface area (Å²) in [6.07, 6.45) is 3.55. The fourth-order valence-electron chi connectivity index (χ4n) is 2.93. The Morgan fingerprint density at radius 1 is 1.20 bits per heavy atom. The van der Waals surface area contributed by atoms with Crippen molar-refractivity contribution >= 4 is 17.5 Å². The van der Waals surface area contributed by atoms with Crippen molar-refractivity contribution in [2.45, 2.75) is 59.7 Å². The first-order valence-corrected chi connectivity index (χ1v) is 9.48. The Kier molecular flexibility index (Phi) is 7.12. The second-order valence-electron chi connectivity index (χ2n) is 7.01. The number of halogens is 1. The van der Waals surface area contributed by atoms with Crippen molar-refractivity contribution in [1.29, 1.82) is 0 Å². The molecule has 0 N–H and O–H groups in total. The summed E-state index contributed by atoms with van der Waals surface area (Å²) in [6, 6.07) is 12.3. The molecule has 0 fully saturated rings. The fraction of sp³-hybridized carbons (Fsp3) is 0.476. The van der Waals surface area contributed by atoms with Gasteiger partial charge in [0.1, 0.15) is 0 Å². The van der Waals surface area contributed by atoms with E-state index < -0.39 is 0 Å². The number of rotatable bonds is 8. The number of carbonyl (C=O) groups excluding carboxylic acids is 1. The summed E-state index contributed by atoms with van der Waals surface area (Å²) >= 11 is 6.10. The van der Waals surface area contributed by atoms with Crippen molar-refractivity contribution in [3.63, 3.8) is 0 Å². The van der Waals surface area contributed by atoms with E-state index in [1.807, 2.05) is 29.2 Å². The molecule has 1 aromatic carbocycles. The zero-order chi connectivity index (χ0) is 18.4. The van der Waals surface area contributed by atoms with Crippen molar-refractivity contribution in [1.82, 2.24) is 9.47 Å². The number of nitrogens with zero attached hydrogens (tertiary/aromatic N) is 2. The topological polar surface area (TPSA) is 25.2 Å². The van der Waals surface area contributed by atoms with Gasteiger partial charge in [0.05, 0.1) is 6.54 Å². The molecule has 0 saturated carbocycles. The first-order valence-electron chi connectivity index (χ1n) is 9.10. The van der Waals surface area contributed by atoms with Gasteiger partial charge in [0.2, 0.25) is 5.91 Å². The van der Waals surface area contributed by atoms with Gasteiger partial charge in [-0.2, -0.15) is 0 Å². The van der Waals surface area contributed by atoms with Gasteiger partial charge >= 0.3 is 0 Å². The van der Waals surface area contributed by atoms with Crippen molar-refractivity contribution in [3.05, 3.63) is 58.9 Å². The number of carbonyl (C=O) groups is 1. The maximum absolute atomic E-state index is 12.6. The minimum Gasteiger partial charge on any atom is -0.345 e. The number of hydrogen-bond donors (Lipinski definition) is 0. The van der Waals surface area contributed by atoms with Crippen LogP contribution in [0.25, 0.3) is 0 Å². The molecule has 136 valence electrons. The molecule has 0 bridgehead atoms. The van der Waals surface area contributed by atoms with Crippen LogP contribution in [0.1, 0.15) is 51.8 Å². The van der Waals surface area contributed by atoms with E-state index in [0.29, 0.717) is 18.9 Å². The van der Waals surface area contributed by atoms with Crippen LogP contribution in [0.4, 0.5) is 0 Å². The Hall–Kier alpha value is -1.74. The Labute approximate surface area is 156 Å². The van der Waals surface area contributed by atoms with Crippen LogP contribution in [0.5, 0.6) is 0 Å². The van der Waals surface area contributed by atoms with Crippen molar-refractivity contribution in [2.75, 3.05) is 0 Å². The molecule has 2 aromatic rings. The highest BCUT2D eigenvalue weighted by Gasteiger charge is 2.23. The summed E-state index contributed by atoms with van der Waals surface area (Å²) < 4.78 is 2.20. The van der Waals surface area contributed by atoms with Crippen LogP contribution >= 0.6 is 11.6 Å². The predicted octanol–water partition coefficient (Wildman–Crippen LogP) is 5.36. The maximum atomic E-state index is 12.6. The lowest BCUT2D eigenvalue weighted by atomic mass is 10.0. The van der Waals surface area contributed by atoms with Gasteiger partial charge < -0.3 is 9.47 Å². The smallest absolute Gasteiger partial charge is 0.223 e. The van der Waals surface area contributed by atoms with Gasteiger partial charge in [-0.05, 0) is 49.1 Å². The minimum atomic E-state index is 0.216. The molecule has 0 radical (unpaired) electrons. The van der Waals surface area contributed by atoms with E-state index in [0.717, 1.165) is 29.2 Å². The third-order valence-corrected chi connectivity index (χ3v) is 4.97. The van der Waals surface area contributed by atoms with Crippen LogP contribution < -0.4 is 0 Å². The fourth-order valence-corrected chi connectivity index (χ4v) is 3.14. The Morgan fingerprint density at radius 3 is 2.60 bits per heavy atom. The highest BCUT2D eigenvalue weighted by Crippen LogP contribution is 2.19. The molecule has 0 saturated heterocycles. The lowest BCUT2D eigenvalue weighted by molar-refractivity contribution is -0.135. The van der Waals surface area contributed by atoms with E-state index in [4.69, 9.17) is 11.6 Å². The SMILES string of the molecule is CCCC(=O)N(Cc1cccn1Cc1cccc(Cl)c1)C(C)C(C)C. The summed E-state index contributed by atoms with van der Waals surface area (Å²) in [6.45, 7) is 9.94. The second-order valence-corrected chi connectivity index (χ2v) is 7.45. The molecular formula is C21H29ClN2O. The van der Waals surface area contributed by atoms with Gasteiger partial charge in [-0.1, -0.05) is 44.5 Å². The number of amides is 1. The van der Waals surface area contributed by atoms with Crippen LogP contribution in [0.3, 0.4) is 0 Å². The first-order chi connectivity index (χ1) is 11.9. The standard InChI is InChI=1S/C21H29ClN2O/c1-5-8-21(25)24(17(4)16(2)3)15-20-11-7-12-23(20)14-18-9-6-10-19(22)13-18/h6-7,9-13,16-17H,5,8,14-15H2,1-4H3. The predicted molar refractivity (Wildman–Crippen MR) is 105 cm³/mol. The van der Waals surface area contributed by atoms with Gasteiger partial charge in [0, 0.05) is 35.9 Å². The van der Waals surface area contributed by atoms with E-state index in [9.17, 15) is 4.79 Å². The quantitative estimate of drug-likeness (QED) is 0.621. The van der Waals surface area contributed by atoms with Crippen molar-refractivity contribution < 1.29 is 4.79 Å². The number of benzene rings is 1. The molecule has 2 rings (SSSR count). The van der Waals surface area contributed by atoms with E-state index in [2.05, 4.69) is 50.6 Å². The number of hydrogen-bond acceptors (Lipinski definition) is 1. The van der Waals surface area contributed by atoms with Gasteiger partial charge in [0.15, 0.2) is 0 Å². The highest BCUT2D eigenvalue weighted by molar-refractivity contribution is 6.30. The summed E-state index contributed by atoms with van der Waals surface area (Å²) in [5, 5.41) is 0.749. The minimum absolute atomic E-state index is 0.216. The average Bonchev–Trinajstić information content (AvgIpc) is 2.99. The molecular weight excluding hydrogens is 332 g/mol. The van der Waals surface area contributed by atoms with Crippen LogP contribution in [-0.4, -0.2) is 21.4 Å². The van der Waals surface area contributed by atoms with Crippen LogP contribution in [0.15, 0.2) is 42.6 Å². The lowest BCUT2D eigenvalue weighted by Gasteiger charge is -2.32. The largest absolute Gasteiger partial charge is 0.345 e. The van der Waals surface area contributed by atoms with E-state index in [-0.39, 0.29) is 11.9 Å². The first kappa shape index (κ1) is 19.6. The van der Waals surface area contributed by atoms with E-state index in [1.54, 1.807) is 0 Å². The van der Waals surface area contributed by atoms with Crippen LogP contribution in [0.2, 0.25) is 5.02 Å². The third-order valence-electron chi connectivity index (χ3n) is 4.74. The molecule has 4 heteroatoms. The Morgan fingerprint density at radius 2 is 1.96 bits per heavy atom. The molecule has 0 aliphatic carbocycles. The Balaban J connectivity index is 2.19. The van der Waals surface area contributed by atoms with Gasteiger partial charge in [-0.3, -0.25) is 4.79 Å². The number of aromatic nitrogens is 1. The third kappa shape index (κ3) is 5.37. The van der Waals surface area contributed by atoms with E-state index >= 15 is 0 Å². The molecule has 1 heterocycles. The van der Waals surface area contributed by atoms with Gasteiger partial charge in [-0.25, -0.2) is 0 Å². The molecule has 0 spiro atoms. The van der Waals surface area contributed by atoms with Gasteiger partial charge in [0.25, 0.3) is 0 Å². The van der Waals surface area contributed by atoms with Crippen molar-refractivity contribution in [3.8, 4) is 0 Å². The van der Waals surface area contributed by atoms with Crippen molar-refractivity contribution in [2.24, 2.45) is 5.92 Å². The molecule has 1 atom stereocenters. The Bertz CT molecular complexity index is 693. The van der Waals surface area contributed by atoms with E-state index in [1.165, 1.54) is 0 Å². The second kappa shape index (κ2) is 9.10. The molecule has 0 aliphatic rings. The zero-order valence-electron chi connectivity index (χ0n) is 15.7. The monoisotopic (exact) mass is 360 g/mol. The average molecular weight is 361 g/mol. The maximum Gasteiger partial charge on any atom is 0.223 e. The van der Waals surface area contributed by atoms with Crippen LogP contribution in [0, 0.1) is 5.92 Å². The summed E-state index contributed by atoms with van der Waals surface area (Å²) in [7, 11) is 0. The zero-order valence-corrected chi connectivity index (χ0v) is 16.5. The molecule has 1 aromatic heterocycles. The molecule has 3 nitrogen and oxygen atoms in total. The normalized spacial score (nSPS) is 12.4. The molecule has 25 heavy (non-hydrogen) atoms. The summed E-state index contributed by atoms with van der Waals surface area (Å²) in [4.78, 5) is 14.7. The van der Waals surface area contributed by atoms with Gasteiger partial charge in [-0.15, -0.1) is 0 Å². The highest BCUT2D eigenvalue weighted by atomic mass is 35.5. The molecule has 0 aliphatic heterocycles.